The van der Waals surface area contributed by atoms with Crippen LogP contribution in [0, 0.1) is 6.92 Å². The molecule has 0 aliphatic rings. The average molecular weight is 400 g/mol. The summed E-state index contributed by atoms with van der Waals surface area (Å²) in [5, 5.41) is 7.72. The molecule has 0 amide bonds. The molecule has 104 valence electrons. The summed E-state index contributed by atoms with van der Waals surface area (Å²) in [4.78, 5) is 9.76. The highest BCUT2D eigenvalue weighted by molar-refractivity contribution is 14.0. The summed E-state index contributed by atoms with van der Waals surface area (Å²) in [5.41, 5.74) is 0. The monoisotopic (exact) mass is 400 g/mol. The number of guanidine groups is 1. The lowest BCUT2D eigenvalue weighted by molar-refractivity contribution is 0.808. The Morgan fingerprint density at radius 3 is 2.72 bits per heavy atom. The second-order valence-electron chi connectivity index (χ2n) is 3.53. The third-order valence-corrected chi connectivity index (χ3v) is 3.71. The molecule has 1 aromatic rings. The van der Waals surface area contributed by atoms with Crippen molar-refractivity contribution in [2.45, 2.75) is 13.3 Å². The van der Waals surface area contributed by atoms with Gasteiger partial charge in [-0.2, -0.15) is 11.8 Å². The van der Waals surface area contributed by atoms with Gasteiger partial charge < -0.3 is 10.6 Å². The molecule has 0 spiro atoms. The number of halogens is 1. The van der Waals surface area contributed by atoms with Gasteiger partial charge in [-0.15, -0.1) is 35.3 Å². The van der Waals surface area contributed by atoms with E-state index in [2.05, 4.69) is 33.8 Å². The molecule has 0 aliphatic carbocycles. The summed E-state index contributed by atoms with van der Waals surface area (Å²) < 4.78 is 0. The van der Waals surface area contributed by atoms with Crippen LogP contribution in [0.25, 0.3) is 0 Å². The number of rotatable bonds is 6. The lowest BCUT2D eigenvalue weighted by Gasteiger charge is -2.10. The van der Waals surface area contributed by atoms with E-state index in [1.807, 2.05) is 18.0 Å². The number of thioether (sulfide) groups is 1. The van der Waals surface area contributed by atoms with Gasteiger partial charge in [0.2, 0.25) is 0 Å². The summed E-state index contributed by atoms with van der Waals surface area (Å²) in [6.07, 6.45) is 4.97. The molecule has 18 heavy (non-hydrogen) atoms. The van der Waals surface area contributed by atoms with Crippen LogP contribution in [0.4, 0.5) is 0 Å². The van der Waals surface area contributed by atoms with Crippen molar-refractivity contribution in [3.8, 4) is 0 Å². The highest BCUT2D eigenvalue weighted by atomic mass is 127. The summed E-state index contributed by atoms with van der Waals surface area (Å²) in [7, 11) is 1.79. The SMILES string of the molecule is CN=C(NCCSC)NCCc1ncc(C)s1.I. The van der Waals surface area contributed by atoms with Crippen LogP contribution >= 0.6 is 47.1 Å². The Bertz CT molecular complexity index is 355. The Balaban J connectivity index is 0.00000289. The highest BCUT2D eigenvalue weighted by Gasteiger charge is 2.00. The van der Waals surface area contributed by atoms with E-state index < -0.39 is 0 Å². The van der Waals surface area contributed by atoms with E-state index in [1.165, 1.54) is 9.88 Å². The second-order valence-corrected chi connectivity index (χ2v) is 5.84. The largest absolute Gasteiger partial charge is 0.356 e. The minimum atomic E-state index is 0. The Morgan fingerprint density at radius 1 is 1.44 bits per heavy atom. The number of nitrogens with one attached hydrogen (secondary N) is 2. The molecule has 0 radical (unpaired) electrons. The van der Waals surface area contributed by atoms with E-state index in [4.69, 9.17) is 0 Å². The molecule has 0 atom stereocenters. The van der Waals surface area contributed by atoms with Crippen LogP contribution in [0.5, 0.6) is 0 Å². The Morgan fingerprint density at radius 2 is 2.17 bits per heavy atom. The van der Waals surface area contributed by atoms with Gasteiger partial charge >= 0.3 is 0 Å². The zero-order chi connectivity index (χ0) is 12.5. The van der Waals surface area contributed by atoms with Crippen molar-refractivity contribution in [2.75, 3.05) is 32.1 Å². The molecule has 4 nitrogen and oxygen atoms in total. The van der Waals surface area contributed by atoms with Gasteiger partial charge in [0.15, 0.2) is 5.96 Å². The maximum absolute atomic E-state index is 4.33. The first-order valence-electron chi connectivity index (χ1n) is 5.61. The maximum Gasteiger partial charge on any atom is 0.191 e. The summed E-state index contributed by atoms with van der Waals surface area (Å²) in [5.74, 6) is 1.96. The Hall–Kier alpha value is -0.0200. The van der Waals surface area contributed by atoms with Gasteiger partial charge in [-0.25, -0.2) is 4.98 Å². The number of aryl methyl sites for hydroxylation is 1. The second kappa shape index (κ2) is 10.9. The smallest absolute Gasteiger partial charge is 0.191 e. The fourth-order valence-corrected chi connectivity index (χ4v) is 2.39. The predicted octanol–water partition coefficient (Wildman–Crippen LogP) is 2.14. The van der Waals surface area contributed by atoms with Crippen LogP contribution in [-0.2, 0) is 6.42 Å². The first-order chi connectivity index (χ1) is 8.26. The van der Waals surface area contributed by atoms with E-state index >= 15 is 0 Å². The van der Waals surface area contributed by atoms with Crippen LogP contribution in [0.15, 0.2) is 11.2 Å². The fourth-order valence-electron chi connectivity index (χ4n) is 1.30. The molecule has 0 saturated heterocycles. The third kappa shape index (κ3) is 7.42. The fraction of sp³-hybridized carbons (Fsp3) is 0.636. The molecule has 7 heteroatoms. The van der Waals surface area contributed by atoms with Crippen molar-refractivity contribution in [3.63, 3.8) is 0 Å². The summed E-state index contributed by atoms with van der Waals surface area (Å²) >= 11 is 3.58. The van der Waals surface area contributed by atoms with E-state index in [0.29, 0.717) is 0 Å². The molecule has 0 fully saturated rings. The van der Waals surface area contributed by atoms with Gasteiger partial charge in [-0.3, -0.25) is 4.99 Å². The molecule has 0 aromatic carbocycles. The van der Waals surface area contributed by atoms with E-state index in [-0.39, 0.29) is 24.0 Å². The molecule has 1 rings (SSSR count). The first-order valence-corrected chi connectivity index (χ1v) is 7.82. The number of aliphatic imine (C=N–C) groups is 1. The predicted molar refractivity (Wildman–Crippen MR) is 93.7 cm³/mol. The zero-order valence-corrected chi connectivity index (χ0v) is 15.0. The Kier molecular flexibility index (Phi) is 10.8. The van der Waals surface area contributed by atoms with Crippen molar-refractivity contribution >= 4 is 53.0 Å². The van der Waals surface area contributed by atoms with Crippen molar-refractivity contribution < 1.29 is 0 Å². The lowest BCUT2D eigenvalue weighted by atomic mass is 10.4. The molecule has 2 N–H and O–H groups in total. The molecule has 1 heterocycles. The number of hydrogen-bond donors (Lipinski definition) is 2. The van der Waals surface area contributed by atoms with Crippen molar-refractivity contribution in [3.05, 3.63) is 16.1 Å². The molecular weight excluding hydrogens is 379 g/mol. The molecule has 0 aliphatic heterocycles. The number of hydrogen-bond acceptors (Lipinski definition) is 4. The molecule has 0 bridgehead atoms. The highest BCUT2D eigenvalue weighted by Crippen LogP contribution is 2.10. The topological polar surface area (TPSA) is 49.3 Å². The molecule has 1 aromatic heterocycles. The van der Waals surface area contributed by atoms with Gasteiger partial charge in [-0.1, -0.05) is 0 Å². The van der Waals surface area contributed by atoms with E-state index in [9.17, 15) is 0 Å². The van der Waals surface area contributed by atoms with Gasteiger partial charge in [0, 0.05) is 43.4 Å². The first kappa shape index (κ1) is 18.0. The third-order valence-electron chi connectivity index (χ3n) is 2.12. The van der Waals surface area contributed by atoms with Crippen molar-refractivity contribution in [1.29, 1.82) is 0 Å². The van der Waals surface area contributed by atoms with Crippen LogP contribution < -0.4 is 10.6 Å². The average Bonchev–Trinajstić information content (AvgIpc) is 2.73. The van der Waals surface area contributed by atoms with Crippen LogP contribution in [0.3, 0.4) is 0 Å². The maximum atomic E-state index is 4.33. The lowest BCUT2D eigenvalue weighted by Crippen LogP contribution is -2.39. The number of aromatic nitrogens is 1. The molecule has 0 saturated carbocycles. The minimum Gasteiger partial charge on any atom is -0.356 e. The van der Waals surface area contributed by atoms with Crippen molar-refractivity contribution in [2.24, 2.45) is 4.99 Å². The van der Waals surface area contributed by atoms with Gasteiger partial charge in [0.25, 0.3) is 0 Å². The summed E-state index contributed by atoms with van der Waals surface area (Å²) in [6, 6.07) is 0. The minimum absolute atomic E-state index is 0. The van der Waals surface area contributed by atoms with E-state index in [0.717, 1.165) is 31.2 Å². The van der Waals surface area contributed by atoms with Gasteiger partial charge in [0.1, 0.15) is 0 Å². The number of nitrogens with zero attached hydrogens (tertiary/aromatic N) is 2. The molecular formula is C11H21IN4S2. The zero-order valence-electron chi connectivity index (χ0n) is 11.0. The number of thiazole rings is 1. The van der Waals surface area contributed by atoms with Crippen molar-refractivity contribution in [1.82, 2.24) is 15.6 Å². The summed E-state index contributed by atoms with van der Waals surface area (Å²) in [6.45, 7) is 3.89. The normalized spacial score (nSPS) is 10.9. The van der Waals surface area contributed by atoms with E-state index in [1.54, 1.807) is 18.4 Å². The van der Waals surface area contributed by atoms with Gasteiger partial charge in [0.05, 0.1) is 5.01 Å². The standard InChI is InChI=1S/C11H20N4S2.HI/c1-9-8-15-10(17-9)4-5-13-11(12-2)14-6-7-16-3;/h8H,4-7H2,1-3H3,(H2,12,13,14);1H. The van der Waals surface area contributed by atoms with Crippen LogP contribution in [0.2, 0.25) is 0 Å². The van der Waals surface area contributed by atoms with Crippen LogP contribution in [-0.4, -0.2) is 43.1 Å². The molecule has 0 unspecified atom stereocenters. The van der Waals surface area contributed by atoms with Crippen LogP contribution in [0.1, 0.15) is 9.88 Å². The van der Waals surface area contributed by atoms with Gasteiger partial charge in [-0.05, 0) is 13.2 Å². The Labute approximate surface area is 134 Å². The quantitative estimate of drug-likeness (QED) is 0.333.